The molecule has 0 aromatic heterocycles. The number of benzene rings is 10. The summed E-state index contributed by atoms with van der Waals surface area (Å²) in [5.74, 6) is 0. The average Bonchev–Trinajstić information content (AvgIpc) is 3.64. The molecule has 12 rings (SSSR count). The van der Waals surface area contributed by atoms with Gasteiger partial charge in [0.25, 0.3) is 0 Å². The van der Waals surface area contributed by atoms with Crippen LogP contribution in [0.1, 0.15) is 48.6 Å². The lowest BCUT2D eigenvalue weighted by Gasteiger charge is -2.40. The minimum atomic E-state index is -0.490. The summed E-state index contributed by atoms with van der Waals surface area (Å²) >= 11 is 1.89. The lowest BCUT2D eigenvalue weighted by Crippen LogP contribution is -2.32. The molecule has 0 radical (unpaired) electrons. The molecule has 2 aliphatic rings. The summed E-state index contributed by atoms with van der Waals surface area (Å²) in [4.78, 5) is 5.11. The van der Waals surface area contributed by atoms with E-state index in [0.717, 1.165) is 17.1 Å². The van der Waals surface area contributed by atoms with Crippen molar-refractivity contribution >= 4 is 39.6 Å². The molecule has 2 heteroatoms. The highest BCUT2D eigenvalue weighted by molar-refractivity contribution is 7.99. The molecule has 10 aromatic rings. The molecule has 310 valence electrons. The van der Waals surface area contributed by atoms with Gasteiger partial charge in [-0.05, 0) is 125 Å². The van der Waals surface area contributed by atoms with E-state index in [9.17, 15) is 0 Å². The number of nitrogens with zero attached hydrogens (tertiary/aromatic N) is 1. The van der Waals surface area contributed by atoms with Crippen LogP contribution in [0.15, 0.2) is 240 Å². The van der Waals surface area contributed by atoms with Gasteiger partial charge in [0.15, 0.2) is 0 Å². The maximum absolute atomic E-state index is 2.51. The molecule has 0 N–H and O–H groups in total. The maximum atomic E-state index is 2.51. The summed E-state index contributed by atoms with van der Waals surface area (Å²) < 4.78 is 0. The van der Waals surface area contributed by atoms with E-state index >= 15 is 0 Å². The van der Waals surface area contributed by atoms with Gasteiger partial charge in [0.1, 0.15) is 0 Å². The van der Waals surface area contributed by atoms with E-state index in [0.29, 0.717) is 0 Å². The molecule has 0 saturated heterocycles. The molecule has 0 bridgehead atoms. The van der Waals surface area contributed by atoms with E-state index in [4.69, 9.17) is 0 Å². The molecule has 1 nitrogen and oxygen atoms in total. The number of fused-ring (bicyclic) bond motifs is 10. The topological polar surface area (TPSA) is 3.24 Å². The first kappa shape index (κ1) is 39.2. The summed E-state index contributed by atoms with van der Waals surface area (Å²) in [6.45, 7) is 6.84. The molecular weight excluding hydrogens is 803 g/mol. The number of hydrogen-bond donors (Lipinski definition) is 0. The van der Waals surface area contributed by atoms with Crippen LogP contribution < -0.4 is 4.90 Å². The van der Waals surface area contributed by atoms with Crippen molar-refractivity contribution < 1.29 is 0 Å². The molecule has 0 atom stereocenters. The molecule has 0 saturated carbocycles. The van der Waals surface area contributed by atoms with Crippen LogP contribution in [0.2, 0.25) is 0 Å². The Morgan fingerprint density at radius 2 is 0.862 bits per heavy atom. The zero-order chi connectivity index (χ0) is 43.7. The smallest absolute Gasteiger partial charge is 0.0736 e. The normalized spacial score (nSPS) is 13.2. The van der Waals surface area contributed by atoms with E-state index < -0.39 is 5.41 Å². The highest BCUT2D eigenvalue weighted by atomic mass is 32.2. The van der Waals surface area contributed by atoms with Gasteiger partial charge in [-0.15, -0.1) is 0 Å². The number of para-hydroxylation sites is 1. The first-order valence-corrected chi connectivity index (χ1v) is 23.5. The van der Waals surface area contributed by atoms with E-state index in [-0.39, 0.29) is 5.41 Å². The fourth-order valence-electron chi connectivity index (χ4n) is 10.7. The molecule has 1 heterocycles. The van der Waals surface area contributed by atoms with Gasteiger partial charge < -0.3 is 4.90 Å². The van der Waals surface area contributed by atoms with Crippen LogP contribution >= 0.6 is 11.8 Å². The minimum absolute atomic E-state index is 0.0564. The zero-order valence-electron chi connectivity index (χ0n) is 36.8. The van der Waals surface area contributed by atoms with Gasteiger partial charge in [-0.1, -0.05) is 221 Å². The van der Waals surface area contributed by atoms with E-state index in [2.05, 4.69) is 256 Å². The second-order valence-electron chi connectivity index (χ2n) is 18.4. The molecule has 1 aliphatic carbocycles. The SMILES string of the molecule is CC(C)(C)c1ccc(-c2ccccc2N(c2cccc(-c3ccc(-c4ccccc4)c4ccccc34)c2)c2ccc3c(c2)C2(c4ccccc4Sc4ccccc42)c2ccccc2-3)cc1. The van der Waals surface area contributed by atoms with E-state index in [1.165, 1.54) is 92.9 Å². The van der Waals surface area contributed by atoms with Crippen LogP contribution in [0.25, 0.3) is 55.3 Å². The van der Waals surface area contributed by atoms with Crippen molar-refractivity contribution in [2.24, 2.45) is 0 Å². The fraction of sp³-hybridized carbons (Fsp3) is 0.0794. The number of rotatable bonds is 6. The summed E-state index contributed by atoms with van der Waals surface area (Å²) in [5.41, 5.74) is 19.4. The van der Waals surface area contributed by atoms with Crippen molar-refractivity contribution in [3.8, 4) is 44.5 Å². The maximum Gasteiger partial charge on any atom is 0.0736 e. The predicted octanol–water partition coefficient (Wildman–Crippen LogP) is 17.4. The van der Waals surface area contributed by atoms with E-state index in [1.54, 1.807) is 0 Å². The highest BCUT2D eigenvalue weighted by Crippen LogP contribution is 2.63. The monoisotopic (exact) mass is 849 g/mol. The second-order valence-corrected chi connectivity index (χ2v) is 19.5. The van der Waals surface area contributed by atoms with Crippen LogP contribution in [-0.2, 0) is 10.8 Å². The van der Waals surface area contributed by atoms with Crippen molar-refractivity contribution in [2.45, 2.75) is 41.4 Å². The van der Waals surface area contributed by atoms with Crippen molar-refractivity contribution in [3.05, 3.63) is 258 Å². The second kappa shape index (κ2) is 15.4. The molecule has 10 aromatic carbocycles. The molecule has 0 unspecified atom stereocenters. The summed E-state index contributed by atoms with van der Waals surface area (Å²) in [6, 6.07) is 86.0. The van der Waals surface area contributed by atoms with Gasteiger partial charge >= 0.3 is 0 Å². The van der Waals surface area contributed by atoms with Crippen molar-refractivity contribution in [1.82, 2.24) is 0 Å². The van der Waals surface area contributed by atoms with Gasteiger partial charge in [-0.3, -0.25) is 0 Å². The van der Waals surface area contributed by atoms with Crippen LogP contribution in [0.5, 0.6) is 0 Å². The third kappa shape index (κ3) is 6.31. The van der Waals surface area contributed by atoms with Crippen molar-refractivity contribution in [3.63, 3.8) is 0 Å². The summed E-state index contributed by atoms with van der Waals surface area (Å²) in [6.07, 6.45) is 0. The third-order valence-corrected chi connectivity index (χ3v) is 14.9. The Morgan fingerprint density at radius 1 is 0.354 bits per heavy atom. The van der Waals surface area contributed by atoms with Crippen molar-refractivity contribution in [2.75, 3.05) is 4.90 Å². The molecule has 1 aliphatic heterocycles. The van der Waals surface area contributed by atoms with Crippen LogP contribution in [-0.4, -0.2) is 0 Å². The Labute approximate surface area is 386 Å². The van der Waals surface area contributed by atoms with Gasteiger partial charge in [0, 0.05) is 26.7 Å². The molecular formula is C63H47NS. The van der Waals surface area contributed by atoms with Crippen LogP contribution in [0.4, 0.5) is 17.1 Å². The van der Waals surface area contributed by atoms with Gasteiger partial charge in [-0.2, -0.15) is 0 Å². The Bertz CT molecular complexity index is 3400. The van der Waals surface area contributed by atoms with Gasteiger partial charge in [0.05, 0.1) is 11.1 Å². The zero-order valence-corrected chi connectivity index (χ0v) is 37.6. The fourth-order valence-corrected chi connectivity index (χ4v) is 11.9. The van der Waals surface area contributed by atoms with Gasteiger partial charge in [-0.25, -0.2) is 0 Å². The first-order valence-electron chi connectivity index (χ1n) is 22.7. The quantitative estimate of drug-likeness (QED) is 0.164. The minimum Gasteiger partial charge on any atom is -0.310 e. The van der Waals surface area contributed by atoms with E-state index in [1.807, 2.05) is 11.8 Å². The summed E-state index contributed by atoms with van der Waals surface area (Å²) in [7, 11) is 0. The highest BCUT2D eigenvalue weighted by Gasteiger charge is 2.50. The number of anilines is 3. The molecule has 0 amide bonds. The number of hydrogen-bond acceptors (Lipinski definition) is 2. The first-order chi connectivity index (χ1) is 31.9. The lowest BCUT2D eigenvalue weighted by atomic mass is 9.67. The Balaban J connectivity index is 1.10. The summed E-state index contributed by atoms with van der Waals surface area (Å²) in [5, 5.41) is 2.49. The standard InChI is InChI=1S/C63H47NS/c1-62(2,3)45-34-32-43(33-35-45)50-22-10-14-29-59(50)64(46-21-17-20-44(40-46)49-39-38-48(42-18-5-4-6-19-42)51-23-7-8-24-52(49)51)47-36-37-54-53-25-9-11-26-55(53)63(58(54)41-47)56-27-12-15-30-60(56)65-61-31-16-13-28-57(61)63/h4-41H,1-3H3. The Hall–Kier alpha value is -7.39. The average molecular weight is 850 g/mol. The molecule has 0 fully saturated rings. The van der Waals surface area contributed by atoms with Crippen LogP contribution in [0, 0.1) is 0 Å². The third-order valence-electron chi connectivity index (χ3n) is 13.7. The predicted molar refractivity (Wildman–Crippen MR) is 275 cm³/mol. The molecule has 1 spiro atoms. The Kier molecular flexibility index (Phi) is 9.29. The lowest BCUT2D eigenvalue weighted by molar-refractivity contribution is 0.590. The Morgan fingerprint density at radius 3 is 1.55 bits per heavy atom. The van der Waals surface area contributed by atoms with Crippen LogP contribution in [0.3, 0.4) is 0 Å². The van der Waals surface area contributed by atoms with Crippen molar-refractivity contribution in [1.29, 1.82) is 0 Å². The largest absolute Gasteiger partial charge is 0.310 e. The molecule has 65 heavy (non-hydrogen) atoms. The van der Waals surface area contributed by atoms with Gasteiger partial charge in [0.2, 0.25) is 0 Å².